The molecule has 0 bridgehead atoms. The van der Waals surface area contributed by atoms with Gasteiger partial charge >= 0.3 is 7.60 Å². The van der Waals surface area contributed by atoms with Crippen molar-refractivity contribution < 1.29 is 14.4 Å². The van der Waals surface area contributed by atoms with E-state index in [0.29, 0.717) is 0 Å². The standard InChI is InChI=1S/C16H19N2O3P/c17-13-16(22(19,20)21)6-4-5-14-7-9-15(10-8-14)18-11-2-1-3-12-18/h4-10H,1-3,11-12H2,(H2,19,20,21)/b5-4+,16-6-. The number of hydrogen-bond donors (Lipinski definition) is 2. The Balaban J connectivity index is 2.05. The topological polar surface area (TPSA) is 84.6 Å². The monoisotopic (exact) mass is 318 g/mol. The maximum Gasteiger partial charge on any atom is 0.366 e. The van der Waals surface area contributed by atoms with E-state index in [4.69, 9.17) is 15.0 Å². The van der Waals surface area contributed by atoms with Gasteiger partial charge in [-0.15, -0.1) is 0 Å². The van der Waals surface area contributed by atoms with Crippen molar-refractivity contribution in [2.24, 2.45) is 0 Å². The van der Waals surface area contributed by atoms with Gasteiger partial charge in [-0.2, -0.15) is 5.26 Å². The van der Waals surface area contributed by atoms with Gasteiger partial charge in [0.2, 0.25) is 0 Å². The molecule has 116 valence electrons. The first kappa shape index (κ1) is 16.5. The van der Waals surface area contributed by atoms with E-state index < -0.39 is 12.9 Å². The van der Waals surface area contributed by atoms with Crippen LogP contribution in [-0.2, 0) is 4.57 Å². The van der Waals surface area contributed by atoms with E-state index in [0.717, 1.165) is 24.7 Å². The summed E-state index contributed by atoms with van der Waals surface area (Å²) in [7, 11) is -4.48. The van der Waals surface area contributed by atoms with Gasteiger partial charge < -0.3 is 14.7 Å². The van der Waals surface area contributed by atoms with E-state index in [9.17, 15) is 4.57 Å². The van der Waals surface area contributed by atoms with Gasteiger partial charge in [0.15, 0.2) is 0 Å². The molecule has 2 N–H and O–H groups in total. The molecule has 2 rings (SSSR count). The molecule has 22 heavy (non-hydrogen) atoms. The number of allylic oxidation sites excluding steroid dienone is 3. The second kappa shape index (κ2) is 7.42. The van der Waals surface area contributed by atoms with Crippen molar-refractivity contribution in [2.75, 3.05) is 18.0 Å². The molecule has 0 aromatic heterocycles. The molecule has 0 atom stereocenters. The minimum absolute atomic E-state index is 0.534. The highest BCUT2D eigenvalue weighted by Crippen LogP contribution is 2.44. The predicted molar refractivity (Wildman–Crippen MR) is 87.3 cm³/mol. The highest BCUT2D eigenvalue weighted by Gasteiger charge is 2.19. The molecule has 0 amide bonds. The minimum Gasteiger partial charge on any atom is -0.372 e. The van der Waals surface area contributed by atoms with Gasteiger partial charge in [-0.1, -0.05) is 24.3 Å². The molecule has 5 nitrogen and oxygen atoms in total. The molecular weight excluding hydrogens is 299 g/mol. The van der Waals surface area contributed by atoms with Crippen LogP contribution in [0, 0.1) is 11.3 Å². The summed E-state index contributed by atoms with van der Waals surface area (Å²) in [6.07, 6.45) is 8.10. The van der Waals surface area contributed by atoms with E-state index >= 15 is 0 Å². The van der Waals surface area contributed by atoms with Crippen LogP contribution in [0.1, 0.15) is 24.8 Å². The van der Waals surface area contributed by atoms with Crippen LogP contribution in [0.15, 0.2) is 41.7 Å². The fourth-order valence-electron chi connectivity index (χ4n) is 2.40. The lowest BCUT2D eigenvalue weighted by Crippen LogP contribution is -2.29. The van der Waals surface area contributed by atoms with Crippen molar-refractivity contribution in [2.45, 2.75) is 19.3 Å². The van der Waals surface area contributed by atoms with Gasteiger partial charge in [-0.25, -0.2) is 0 Å². The van der Waals surface area contributed by atoms with Crippen LogP contribution in [0.5, 0.6) is 0 Å². The van der Waals surface area contributed by atoms with Crippen LogP contribution < -0.4 is 4.90 Å². The summed E-state index contributed by atoms with van der Waals surface area (Å²) in [5, 5.41) is 8.16. The van der Waals surface area contributed by atoms with Crippen molar-refractivity contribution in [3.63, 3.8) is 0 Å². The zero-order valence-electron chi connectivity index (χ0n) is 12.2. The first-order chi connectivity index (χ1) is 10.5. The smallest absolute Gasteiger partial charge is 0.366 e. The molecule has 1 saturated heterocycles. The summed E-state index contributed by atoms with van der Waals surface area (Å²) in [4.78, 5) is 20.2. The van der Waals surface area contributed by atoms with Crippen molar-refractivity contribution in [3.8, 4) is 6.07 Å². The van der Waals surface area contributed by atoms with Gasteiger partial charge in [0.1, 0.15) is 11.4 Å². The van der Waals surface area contributed by atoms with Crippen LogP contribution >= 0.6 is 7.60 Å². The molecule has 1 fully saturated rings. The van der Waals surface area contributed by atoms with Gasteiger partial charge in [0.25, 0.3) is 0 Å². The largest absolute Gasteiger partial charge is 0.372 e. The van der Waals surface area contributed by atoms with E-state index in [2.05, 4.69) is 4.90 Å². The Morgan fingerprint density at radius 1 is 1.18 bits per heavy atom. The average Bonchev–Trinajstić information content (AvgIpc) is 2.52. The van der Waals surface area contributed by atoms with Crippen molar-refractivity contribution >= 4 is 19.4 Å². The fraction of sp³-hybridized carbons (Fsp3) is 0.312. The van der Waals surface area contributed by atoms with Crippen molar-refractivity contribution in [3.05, 3.63) is 47.3 Å². The zero-order chi connectivity index (χ0) is 16.0. The molecule has 0 radical (unpaired) electrons. The summed E-state index contributed by atoms with van der Waals surface area (Å²) < 4.78 is 11.0. The lowest BCUT2D eigenvalue weighted by Gasteiger charge is -2.28. The molecule has 0 unspecified atom stereocenters. The highest BCUT2D eigenvalue weighted by molar-refractivity contribution is 7.56. The number of nitrogens with zero attached hydrogens (tertiary/aromatic N) is 2. The summed E-state index contributed by atoms with van der Waals surface area (Å²) >= 11 is 0. The van der Waals surface area contributed by atoms with Gasteiger partial charge in [-0.3, -0.25) is 4.57 Å². The molecule has 1 heterocycles. The number of hydrogen-bond acceptors (Lipinski definition) is 3. The van der Waals surface area contributed by atoms with E-state index in [1.54, 1.807) is 6.08 Å². The second-order valence-corrected chi connectivity index (χ2v) is 6.78. The second-order valence-electron chi connectivity index (χ2n) is 5.21. The molecule has 6 heteroatoms. The number of benzene rings is 1. The summed E-state index contributed by atoms with van der Waals surface area (Å²) in [6, 6.07) is 9.52. The van der Waals surface area contributed by atoms with Crippen LogP contribution in [0.25, 0.3) is 6.08 Å². The van der Waals surface area contributed by atoms with Crippen molar-refractivity contribution in [1.29, 1.82) is 5.26 Å². The Kier molecular flexibility index (Phi) is 5.57. The van der Waals surface area contributed by atoms with Crippen LogP contribution in [0.2, 0.25) is 0 Å². The number of piperidine rings is 1. The van der Waals surface area contributed by atoms with E-state index in [-0.39, 0.29) is 0 Å². The highest BCUT2D eigenvalue weighted by atomic mass is 31.2. The van der Waals surface area contributed by atoms with E-state index in [1.165, 1.54) is 37.1 Å². The fourth-order valence-corrected chi connectivity index (χ4v) is 2.81. The summed E-state index contributed by atoms with van der Waals surface area (Å²) in [5.41, 5.74) is 2.11. The maximum absolute atomic E-state index is 11.0. The Hall–Kier alpha value is -1.86. The van der Waals surface area contributed by atoms with E-state index in [1.807, 2.05) is 24.3 Å². The molecule has 1 aromatic carbocycles. The van der Waals surface area contributed by atoms with Crippen LogP contribution in [0.3, 0.4) is 0 Å². The maximum atomic E-state index is 11.0. The first-order valence-electron chi connectivity index (χ1n) is 7.20. The Morgan fingerprint density at radius 3 is 2.36 bits per heavy atom. The summed E-state index contributed by atoms with van der Waals surface area (Å²) in [5.74, 6) is 0. The zero-order valence-corrected chi connectivity index (χ0v) is 13.1. The molecule has 1 aromatic rings. The minimum atomic E-state index is -4.48. The first-order valence-corrected chi connectivity index (χ1v) is 8.81. The number of rotatable bonds is 4. The lowest BCUT2D eigenvalue weighted by molar-refractivity contribution is 0.384. The molecule has 0 aliphatic carbocycles. The lowest BCUT2D eigenvalue weighted by atomic mass is 10.1. The average molecular weight is 318 g/mol. The van der Waals surface area contributed by atoms with Gasteiger partial charge in [-0.05, 0) is 43.0 Å². The third-order valence-corrected chi connectivity index (χ3v) is 4.46. The van der Waals surface area contributed by atoms with Crippen molar-refractivity contribution in [1.82, 2.24) is 0 Å². The predicted octanol–water partition coefficient (Wildman–Crippen LogP) is 3.28. The molecule has 0 saturated carbocycles. The molecule has 1 aliphatic heterocycles. The quantitative estimate of drug-likeness (QED) is 0.505. The third kappa shape index (κ3) is 4.57. The number of nitriles is 1. The SMILES string of the molecule is N#C/C(=C/C=C/c1ccc(N2CCCCC2)cc1)P(=O)(O)O. The van der Waals surface area contributed by atoms with Crippen LogP contribution in [0.4, 0.5) is 5.69 Å². The number of anilines is 1. The van der Waals surface area contributed by atoms with Crippen LogP contribution in [-0.4, -0.2) is 22.9 Å². The Labute approximate surface area is 130 Å². The molecule has 0 spiro atoms. The van der Waals surface area contributed by atoms with Gasteiger partial charge in [0.05, 0.1) is 0 Å². The normalized spacial score (nSPS) is 16.8. The summed E-state index contributed by atoms with van der Waals surface area (Å²) in [6.45, 7) is 2.18. The molecule has 1 aliphatic rings. The van der Waals surface area contributed by atoms with Gasteiger partial charge in [0, 0.05) is 18.8 Å². The Bertz CT molecular complexity index is 647. The third-order valence-electron chi connectivity index (χ3n) is 3.59. The molecular formula is C16H19N2O3P. The Morgan fingerprint density at radius 2 is 1.82 bits per heavy atom.